The molecule has 0 bridgehead atoms. The Kier molecular flexibility index (Phi) is 6.53. The Bertz CT molecular complexity index is 1030. The Hall–Kier alpha value is -2.83. The number of esters is 1. The minimum absolute atomic E-state index is 0.0810. The molecule has 6 nitrogen and oxygen atoms in total. The van der Waals surface area contributed by atoms with Gasteiger partial charge in [0.25, 0.3) is 0 Å². The highest BCUT2D eigenvalue weighted by Crippen LogP contribution is 2.41. The molecule has 0 unspecified atom stereocenters. The third-order valence-corrected chi connectivity index (χ3v) is 6.97. The van der Waals surface area contributed by atoms with Crippen LogP contribution in [-0.2, 0) is 10.2 Å². The minimum Gasteiger partial charge on any atom is -0.465 e. The van der Waals surface area contributed by atoms with E-state index in [1.54, 1.807) is 29.3 Å². The van der Waals surface area contributed by atoms with Crippen LogP contribution in [0.5, 0.6) is 0 Å². The number of hydrogen-bond acceptors (Lipinski definition) is 4. The highest BCUT2D eigenvalue weighted by Gasteiger charge is 2.39. The van der Waals surface area contributed by atoms with E-state index in [9.17, 15) is 9.59 Å². The van der Waals surface area contributed by atoms with Crippen LogP contribution in [0.3, 0.4) is 0 Å². The second kappa shape index (κ2) is 9.35. The van der Waals surface area contributed by atoms with Gasteiger partial charge in [-0.15, -0.1) is 0 Å². The highest BCUT2D eigenvalue weighted by molar-refractivity contribution is 6.30. The molecule has 0 spiro atoms. The van der Waals surface area contributed by atoms with Crippen LogP contribution in [0, 0.1) is 0 Å². The number of anilines is 1. The molecule has 2 amide bonds. The molecule has 2 aromatic carbocycles. The number of rotatable bonds is 5. The van der Waals surface area contributed by atoms with Gasteiger partial charge in [0.1, 0.15) is 0 Å². The summed E-state index contributed by atoms with van der Waals surface area (Å²) in [6.07, 6.45) is 7.31. The van der Waals surface area contributed by atoms with Gasteiger partial charge in [-0.05, 0) is 67.7 Å². The highest BCUT2D eigenvalue weighted by atomic mass is 35.5. The van der Waals surface area contributed by atoms with E-state index in [-0.39, 0.29) is 17.5 Å². The van der Waals surface area contributed by atoms with Gasteiger partial charge >= 0.3 is 12.0 Å². The van der Waals surface area contributed by atoms with Crippen molar-refractivity contribution in [2.24, 2.45) is 5.73 Å². The molecule has 0 radical (unpaired) electrons. The van der Waals surface area contributed by atoms with E-state index < -0.39 is 5.97 Å². The summed E-state index contributed by atoms with van der Waals surface area (Å²) in [6.45, 7) is 1.13. The van der Waals surface area contributed by atoms with Crippen molar-refractivity contribution in [2.75, 3.05) is 25.1 Å². The molecule has 32 heavy (non-hydrogen) atoms. The number of hydrogen-bond donors (Lipinski definition) is 1. The van der Waals surface area contributed by atoms with Gasteiger partial charge in [0.15, 0.2) is 0 Å². The fourth-order valence-electron chi connectivity index (χ4n) is 4.84. The second-order valence-electron chi connectivity index (χ2n) is 8.46. The molecular formula is C25H28ClN3O3. The fourth-order valence-corrected chi connectivity index (χ4v) is 5.03. The van der Waals surface area contributed by atoms with Crippen LogP contribution >= 0.6 is 11.6 Å². The van der Waals surface area contributed by atoms with E-state index in [4.69, 9.17) is 22.1 Å². The van der Waals surface area contributed by atoms with Crippen LogP contribution < -0.4 is 10.6 Å². The molecule has 2 N–H and O–H groups in total. The fraction of sp³-hybridized carbons (Fsp3) is 0.360. The molecule has 2 aromatic rings. The second-order valence-corrected chi connectivity index (χ2v) is 8.89. The van der Waals surface area contributed by atoms with Gasteiger partial charge < -0.3 is 15.4 Å². The Labute approximate surface area is 193 Å². The summed E-state index contributed by atoms with van der Waals surface area (Å²) in [7, 11) is 1.34. The average Bonchev–Trinajstić information content (AvgIpc) is 2.84. The van der Waals surface area contributed by atoms with Crippen molar-refractivity contribution in [2.45, 2.75) is 37.1 Å². The largest absolute Gasteiger partial charge is 0.465 e. The molecule has 2 aliphatic rings. The number of halogens is 1. The third-order valence-electron chi connectivity index (χ3n) is 6.73. The first-order valence-electron chi connectivity index (χ1n) is 10.9. The SMILES string of the molecule is COC(=O)c1cccc(N2C=CCN(C3CCC(CN)(c4cccc(Cl)c4)CC3)C2=O)c1. The van der Waals surface area contributed by atoms with E-state index >= 15 is 0 Å². The molecule has 1 aliphatic carbocycles. The summed E-state index contributed by atoms with van der Waals surface area (Å²) in [5.41, 5.74) is 8.37. The summed E-state index contributed by atoms with van der Waals surface area (Å²) < 4.78 is 4.81. The van der Waals surface area contributed by atoms with Crippen molar-refractivity contribution in [1.82, 2.24) is 4.90 Å². The van der Waals surface area contributed by atoms with Gasteiger partial charge in [0.2, 0.25) is 0 Å². The molecule has 7 heteroatoms. The molecule has 1 heterocycles. The summed E-state index contributed by atoms with van der Waals surface area (Å²) >= 11 is 6.23. The maximum absolute atomic E-state index is 13.4. The first-order valence-corrected chi connectivity index (χ1v) is 11.3. The Morgan fingerprint density at radius 3 is 2.62 bits per heavy atom. The molecular weight excluding hydrogens is 426 g/mol. The molecule has 1 saturated carbocycles. The normalized spacial score (nSPS) is 23.3. The molecule has 4 rings (SSSR count). The number of benzene rings is 2. The predicted octanol–water partition coefficient (Wildman–Crippen LogP) is 4.72. The quantitative estimate of drug-likeness (QED) is 0.664. The van der Waals surface area contributed by atoms with Crippen LogP contribution in [0.2, 0.25) is 5.02 Å². The number of nitrogens with zero attached hydrogens (tertiary/aromatic N) is 2. The molecule has 1 fully saturated rings. The maximum Gasteiger partial charge on any atom is 0.337 e. The average molecular weight is 454 g/mol. The lowest BCUT2D eigenvalue weighted by atomic mass is 9.68. The number of nitrogens with two attached hydrogens (primary N) is 1. The van der Waals surface area contributed by atoms with Gasteiger partial charge in [-0.1, -0.05) is 29.8 Å². The molecule has 0 saturated heterocycles. The Balaban J connectivity index is 1.49. The third kappa shape index (κ3) is 4.25. The van der Waals surface area contributed by atoms with Crippen molar-refractivity contribution in [3.05, 3.63) is 77.0 Å². The van der Waals surface area contributed by atoms with E-state index in [1.807, 2.05) is 35.2 Å². The van der Waals surface area contributed by atoms with E-state index in [0.717, 1.165) is 30.7 Å². The molecule has 1 aliphatic heterocycles. The van der Waals surface area contributed by atoms with Gasteiger partial charge in [0.05, 0.1) is 18.4 Å². The summed E-state index contributed by atoms with van der Waals surface area (Å²) in [5, 5.41) is 0.721. The van der Waals surface area contributed by atoms with Crippen molar-refractivity contribution < 1.29 is 14.3 Å². The number of amides is 2. The minimum atomic E-state index is -0.427. The zero-order valence-corrected chi connectivity index (χ0v) is 18.9. The standard InChI is InChI=1S/C25H28ClN3O3/c1-32-23(30)18-5-2-8-22(15-18)29-14-4-13-28(24(29)31)21-9-11-25(17-27,12-10-21)19-6-3-7-20(26)16-19/h2-8,14-16,21H,9-13,17,27H2,1H3. The zero-order valence-electron chi connectivity index (χ0n) is 18.2. The van der Waals surface area contributed by atoms with Crippen LogP contribution in [0.25, 0.3) is 0 Å². The van der Waals surface area contributed by atoms with E-state index in [0.29, 0.717) is 24.3 Å². The molecule has 0 atom stereocenters. The van der Waals surface area contributed by atoms with Gasteiger partial charge in [0, 0.05) is 35.8 Å². The topological polar surface area (TPSA) is 75.9 Å². The lowest BCUT2D eigenvalue weighted by Crippen LogP contribution is -2.52. The van der Waals surface area contributed by atoms with Gasteiger partial charge in [-0.2, -0.15) is 0 Å². The van der Waals surface area contributed by atoms with Crippen molar-refractivity contribution in [3.63, 3.8) is 0 Å². The number of methoxy groups -OCH3 is 1. The monoisotopic (exact) mass is 453 g/mol. The lowest BCUT2D eigenvalue weighted by Gasteiger charge is -2.45. The van der Waals surface area contributed by atoms with Crippen molar-refractivity contribution >= 4 is 29.3 Å². The number of urea groups is 1. The first-order chi connectivity index (χ1) is 15.5. The predicted molar refractivity (Wildman–Crippen MR) is 126 cm³/mol. The van der Waals surface area contributed by atoms with E-state index in [1.165, 1.54) is 12.7 Å². The summed E-state index contributed by atoms with van der Waals surface area (Å²) in [6, 6.07) is 14.9. The van der Waals surface area contributed by atoms with Gasteiger partial charge in [-0.3, -0.25) is 4.90 Å². The van der Waals surface area contributed by atoms with Gasteiger partial charge in [-0.25, -0.2) is 9.59 Å². The Morgan fingerprint density at radius 1 is 1.19 bits per heavy atom. The molecule has 0 aromatic heterocycles. The molecule has 168 valence electrons. The lowest BCUT2D eigenvalue weighted by molar-refractivity contribution is 0.0600. The number of ether oxygens (including phenoxy) is 1. The number of carbonyl (C=O) groups is 2. The Morgan fingerprint density at radius 2 is 1.94 bits per heavy atom. The van der Waals surface area contributed by atoms with Crippen LogP contribution in [0.15, 0.2) is 60.8 Å². The zero-order chi connectivity index (χ0) is 22.7. The van der Waals surface area contributed by atoms with Crippen molar-refractivity contribution in [1.29, 1.82) is 0 Å². The smallest absolute Gasteiger partial charge is 0.337 e. The van der Waals surface area contributed by atoms with Crippen LogP contribution in [0.1, 0.15) is 41.6 Å². The van der Waals surface area contributed by atoms with Crippen molar-refractivity contribution in [3.8, 4) is 0 Å². The first kappa shape index (κ1) is 22.4. The number of carbonyl (C=O) groups excluding carboxylic acids is 2. The van der Waals surface area contributed by atoms with Crippen LogP contribution in [-0.4, -0.2) is 43.1 Å². The maximum atomic E-state index is 13.4. The summed E-state index contributed by atoms with van der Waals surface area (Å²) in [4.78, 5) is 28.8. The van der Waals surface area contributed by atoms with E-state index in [2.05, 4.69) is 6.07 Å². The van der Waals surface area contributed by atoms with Crippen LogP contribution in [0.4, 0.5) is 10.5 Å². The summed E-state index contributed by atoms with van der Waals surface area (Å²) in [5.74, 6) is -0.427.